The molecule has 3 aromatic rings. The van der Waals surface area contributed by atoms with E-state index in [1.807, 2.05) is 12.1 Å². The van der Waals surface area contributed by atoms with Gasteiger partial charge in [-0.1, -0.05) is 0 Å². The average molecular weight is 374 g/mol. The number of hydrogen-bond acceptors (Lipinski definition) is 4. The number of pyridine rings is 1. The zero-order valence-electron chi connectivity index (χ0n) is 14.7. The van der Waals surface area contributed by atoms with Gasteiger partial charge in [0.1, 0.15) is 17.7 Å². The number of fused-ring (bicyclic) bond motifs is 3. The Balaban J connectivity index is 1.82. The molecule has 1 unspecified atom stereocenters. The van der Waals surface area contributed by atoms with Crippen molar-refractivity contribution in [3.63, 3.8) is 0 Å². The second-order valence-corrected chi connectivity index (χ2v) is 6.42. The van der Waals surface area contributed by atoms with Crippen LogP contribution in [0, 0.1) is 17.5 Å². The summed E-state index contributed by atoms with van der Waals surface area (Å²) in [5.74, 6) is -2.12. The first-order valence-electron chi connectivity index (χ1n) is 8.45. The standard InChI is InChI=1S/C20H17F3N2O2/c1-24-17-6-12-11-7-19(26-2)25-9-10(11)3-4-18(12)27-20(17)13-5-15(22)16(23)8-14(13)21/h3-5,7-9,17,20,24H,6H2,1-2H3/t17?,20-/m1/s1. The Hall–Kier alpha value is -2.80. The lowest BCUT2D eigenvalue weighted by molar-refractivity contribution is 0.134. The van der Waals surface area contributed by atoms with Crippen molar-refractivity contribution in [2.75, 3.05) is 14.2 Å². The van der Waals surface area contributed by atoms with Crippen LogP contribution in [0.4, 0.5) is 13.2 Å². The molecule has 0 amide bonds. The summed E-state index contributed by atoms with van der Waals surface area (Å²) in [5.41, 5.74) is 0.901. The fourth-order valence-electron chi connectivity index (χ4n) is 3.51. The zero-order chi connectivity index (χ0) is 19.1. The molecule has 140 valence electrons. The van der Waals surface area contributed by atoms with Gasteiger partial charge < -0.3 is 14.8 Å². The largest absolute Gasteiger partial charge is 0.484 e. The summed E-state index contributed by atoms with van der Waals surface area (Å²) in [4.78, 5) is 4.20. The van der Waals surface area contributed by atoms with E-state index in [4.69, 9.17) is 9.47 Å². The number of methoxy groups -OCH3 is 1. The predicted molar refractivity (Wildman–Crippen MR) is 94.5 cm³/mol. The molecule has 4 nitrogen and oxygen atoms in total. The van der Waals surface area contributed by atoms with Crippen LogP contribution in [0.15, 0.2) is 36.5 Å². The molecule has 1 aliphatic rings. The minimum atomic E-state index is -1.22. The fraction of sp³-hybridized carbons (Fsp3) is 0.250. The van der Waals surface area contributed by atoms with Gasteiger partial charge in [0.2, 0.25) is 5.88 Å². The highest BCUT2D eigenvalue weighted by molar-refractivity contribution is 5.88. The van der Waals surface area contributed by atoms with E-state index in [2.05, 4.69) is 10.3 Å². The van der Waals surface area contributed by atoms with Crippen LogP contribution in [0.25, 0.3) is 10.8 Å². The molecule has 0 saturated carbocycles. The lowest BCUT2D eigenvalue weighted by Crippen LogP contribution is -2.40. The number of halogens is 3. The van der Waals surface area contributed by atoms with Crippen LogP contribution in [0.2, 0.25) is 0 Å². The van der Waals surface area contributed by atoms with E-state index in [9.17, 15) is 13.2 Å². The van der Waals surface area contributed by atoms with Crippen molar-refractivity contribution in [1.82, 2.24) is 10.3 Å². The number of hydrogen-bond donors (Lipinski definition) is 1. The highest BCUT2D eigenvalue weighted by atomic mass is 19.2. The van der Waals surface area contributed by atoms with Gasteiger partial charge in [-0.15, -0.1) is 0 Å². The summed E-state index contributed by atoms with van der Waals surface area (Å²) in [6.45, 7) is 0. The minimum absolute atomic E-state index is 0.0219. The van der Waals surface area contributed by atoms with Gasteiger partial charge in [0.05, 0.1) is 13.2 Å². The maximum Gasteiger partial charge on any atom is 0.213 e. The minimum Gasteiger partial charge on any atom is -0.484 e. The van der Waals surface area contributed by atoms with Crippen LogP contribution in [-0.4, -0.2) is 25.2 Å². The molecular formula is C20H17F3N2O2. The Morgan fingerprint density at radius 1 is 1.11 bits per heavy atom. The Kier molecular flexibility index (Phi) is 4.39. The van der Waals surface area contributed by atoms with Gasteiger partial charge in [-0.2, -0.15) is 0 Å². The third kappa shape index (κ3) is 2.98. The third-order valence-corrected chi connectivity index (χ3v) is 4.92. The smallest absolute Gasteiger partial charge is 0.213 e. The molecule has 2 atom stereocenters. The third-order valence-electron chi connectivity index (χ3n) is 4.92. The molecule has 2 heterocycles. The molecule has 0 bridgehead atoms. The van der Waals surface area contributed by atoms with Gasteiger partial charge in [-0.25, -0.2) is 18.2 Å². The molecule has 0 radical (unpaired) electrons. The van der Waals surface area contributed by atoms with Crippen molar-refractivity contribution in [1.29, 1.82) is 0 Å². The van der Waals surface area contributed by atoms with Crippen LogP contribution in [0.1, 0.15) is 17.2 Å². The van der Waals surface area contributed by atoms with Gasteiger partial charge in [0, 0.05) is 34.8 Å². The van der Waals surface area contributed by atoms with E-state index in [0.29, 0.717) is 24.1 Å². The lowest BCUT2D eigenvalue weighted by atomic mass is 9.90. The Bertz CT molecular complexity index is 1030. The quantitative estimate of drug-likeness (QED) is 0.706. The van der Waals surface area contributed by atoms with Gasteiger partial charge >= 0.3 is 0 Å². The van der Waals surface area contributed by atoms with E-state index in [0.717, 1.165) is 22.4 Å². The maximum atomic E-state index is 14.3. The van der Waals surface area contributed by atoms with E-state index in [1.165, 1.54) is 0 Å². The van der Waals surface area contributed by atoms with Crippen LogP contribution in [0.3, 0.4) is 0 Å². The first-order chi connectivity index (χ1) is 13.0. The van der Waals surface area contributed by atoms with Crippen LogP contribution < -0.4 is 14.8 Å². The molecule has 0 fully saturated rings. The Morgan fingerprint density at radius 3 is 2.63 bits per heavy atom. The Labute approximate surface area is 153 Å². The number of likely N-dealkylation sites (N-methyl/N-ethyl adjacent to an activating group) is 1. The first-order valence-corrected chi connectivity index (χ1v) is 8.45. The molecular weight excluding hydrogens is 357 g/mol. The van der Waals surface area contributed by atoms with Crippen molar-refractivity contribution >= 4 is 10.8 Å². The monoisotopic (exact) mass is 374 g/mol. The van der Waals surface area contributed by atoms with Gasteiger partial charge in [0.25, 0.3) is 0 Å². The van der Waals surface area contributed by atoms with Crippen molar-refractivity contribution in [2.24, 2.45) is 0 Å². The van der Waals surface area contributed by atoms with Gasteiger partial charge in [-0.3, -0.25) is 0 Å². The number of ether oxygens (including phenoxy) is 2. The van der Waals surface area contributed by atoms with E-state index in [-0.39, 0.29) is 11.6 Å². The molecule has 1 aromatic heterocycles. The summed E-state index contributed by atoms with van der Waals surface area (Å²) < 4.78 is 52.5. The summed E-state index contributed by atoms with van der Waals surface area (Å²) in [6, 6.07) is 6.53. The number of nitrogens with one attached hydrogen (secondary N) is 1. The highest BCUT2D eigenvalue weighted by Gasteiger charge is 2.34. The number of rotatable bonds is 3. The van der Waals surface area contributed by atoms with Crippen molar-refractivity contribution in [2.45, 2.75) is 18.6 Å². The summed E-state index contributed by atoms with van der Waals surface area (Å²) >= 11 is 0. The number of nitrogens with zero attached hydrogens (tertiary/aromatic N) is 1. The van der Waals surface area contributed by atoms with E-state index in [1.54, 1.807) is 26.4 Å². The van der Waals surface area contributed by atoms with Crippen LogP contribution in [-0.2, 0) is 6.42 Å². The normalized spacial score (nSPS) is 18.9. The average Bonchev–Trinajstić information content (AvgIpc) is 2.69. The molecule has 0 saturated heterocycles. The maximum absolute atomic E-state index is 14.3. The molecule has 4 rings (SSSR count). The fourth-order valence-corrected chi connectivity index (χ4v) is 3.51. The number of benzene rings is 2. The van der Waals surface area contributed by atoms with E-state index < -0.39 is 23.6 Å². The van der Waals surface area contributed by atoms with Crippen molar-refractivity contribution in [3.05, 3.63) is 65.1 Å². The lowest BCUT2D eigenvalue weighted by Gasteiger charge is -2.34. The molecule has 2 aromatic carbocycles. The van der Waals surface area contributed by atoms with E-state index >= 15 is 0 Å². The van der Waals surface area contributed by atoms with Crippen molar-refractivity contribution < 1.29 is 22.6 Å². The summed E-state index contributed by atoms with van der Waals surface area (Å²) in [7, 11) is 3.26. The first kappa shape index (κ1) is 17.6. The van der Waals surface area contributed by atoms with Crippen molar-refractivity contribution in [3.8, 4) is 11.6 Å². The zero-order valence-corrected chi connectivity index (χ0v) is 14.7. The molecule has 27 heavy (non-hydrogen) atoms. The molecule has 1 aliphatic heterocycles. The summed E-state index contributed by atoms with van der Waals surface area (Å²) in [6.07, 6.45) is 1.43. The van der Waals surface area contributed by atoms with Gasteiger partial charge in [0.15, 0.2) is 11.6 Å². The van der Waals surface area contributed by atoms with Crippen LogP contribution in [0.5, 0.6) is 11.6 Å². The molecule has 7 heteroatoms. The SMILES string of the molecule is CNC1Cc2c(ccc3cnc(OC)cc23)O[C@@H]1c1cc(F)c(F)cc1F. The Morgan fingerprint density at radius 2 is 1.89 bits per heavy atom. The highest BCUT2D eigenvalue weighted by Crippen LogP contribution is 2.40. The molecule has 0 aliphatic carbocycles. The summed E-state index contributed by atoms with van der Waals surface area (Å²) in [5, 5.41) is 4.94. The second-order valence-electron chi connectivity index (χ2n) is 6.42. The topological polar surface area (TPSA) is 43.4 Å². The molecule has 0 spiro atoms. The number of aromatic nitrogens is 1. The second kappa shape index (κ2) is 6.74. The van der Waals surface area contributed by atoms with Gasteiger partial charge in [-0.05, 0) is 37.1 Å². The molecule has 1 N–H and O–H groups in total. The van der Waals surface area contributed by atoms with Crippen LogP contribution >= 0.6 is 0 Å². The predicted octanol–water partition coefficient (Wildman–Crippen LogP) is 3.92.